The van der Waals surface area contributed by atoms with Gasteiger partial charge in [0.2, 0.25) is 0 Å². The molecule has 1 aromatic heterocycles. The molecule has 0 spiro atoms. The first-order valence-electron chi connectivity index (χ1n) is 6.42. The van der Waals surface area contributed by atoms with Gasteiger partial charge in [-0.3, -0.25) is 0 Å². The zero-order chi connectivity index (χ0) is 16.4. The monoisotopic (exact) mass is 707 g/mol. The zero-order valence-electron chi connectivity index (χ0n) is 13.1. The quantitative estimate of drug-likeness (QED) is 0.332. The van der Waals surface area contributed by atoms with Crippen molar-refractivity contribution in [2.75, 3.05) is 14.2 Å². The van der Waals surface area contributed by atoms with Crippen LogP contribution >= 0.6 is 72.3 Å². The third kappa shape index (κ3) is 12.6. The minimum atomic E-state index is -0.322. The van der Waals surface area contributed by atoms with Crippen molar-refractivity contribution in [1.29, 1.82) is 0 Å². The Kier molecular flexibility index (Phi) is 18.6. The van der Waals surface area contributed by atoms with Gasteiger partial charge in [-0.15, -0.1) is 12.4 Å². The standard InChI is InChI=1S/C11H22BN3O2.ClH.3HI.V/c1-8-10(15-9(2)14-8)6-5-7-11(13)12(16-3)17-4;;;;;/h11H,5-7,13H2,1-4H3,(H,14,15);4*1H;/q;;;;;+3/p-3. The van der Waals surface area contributed by atoms with Crippen LogP contribution in [0.25, 0.3) is 0 Å². The number of aryl methyl sites for hydroxylation is 3. The first kappa shape index (κ1) is 26.4. The molecule has 0 aliphatic rings. The maximum atomic E-state index is 5.97. The summed E-state index contributed by atoms with van der Waals surface area (Å²) in [5.41, 5.74) is 8.24. The molecule has 0 saturated carbocycles. The van der Waals surface area contributed by atoms with Crippen LogP contribution in [-0.2, 0) is 20.7 Å². The Hall–Kier alpha value is 2.22. The van der Waals surface area contributed by atoms with E-state index in [9.17, 15) is 0 Å². The summed E-state index contributed by atoms with van der Waals surface area (Å²) < 4.78 is 10.2. The van der Waals surface area contributed by atoms with Gasteiger partial charge in [-0.1, -0.05) is 0 Å². The summed E-state index contributed by atoms with van der Waals surface area (Å²) in [6.45, 7) is 4.01. The normalized spacial score (nSPS) is 11.5. The van der Waals surface area contributed by atoms with Gasteiger partial charge in [0.1, 0.15) is 5.82 Å². The molecule has 0 aliphatic heterocycles. The van der Waals surface area contributed by atoms with Crippen molar-refractivity contribution in [2.24, 2.45) is 5.73 Å². The van der Waals surface area contributed by atoms with E-state index in [1.807, 2.05) is 13.8 Å². The van der Waals surface area contributed by atoms with Crippen LogP contribution < -0.4 is 5.73 Å². The van der Waals surface area contributed by atoms with E-state index in [1.54, 1.807) is 14.2 Å². The minimum absolute atomic E-state index is 0. The third-order valence-corrected chi connectivity index (χ3v) is 2.87. The van der Waals surface area contributed by atoms with Crippen LogP contribution in [0.4, 0.5) is 0 Å². The second kappa shape index (κ2) is 15.5. The third-order valence-electron chi connectivity index (χ3n) is 2.87. The summed E-state index contributed by atoms with van der Waals surface area (Å²) >= 11 is 7.39. The molecule has 130 valence electrons. The van der Waals surface area contributed by atoms with Crippen molar-refractivity contribution in [3.05, 3.63) is 17.2 Å². The number of hydrogen-bond donors (Lipinski definition) is 2. The molecule has 1 aromatic rings. The molecule has 5 nitrogen and oxygen atoms in total. The number of aromatic nitrogens is 2. The number of H-pyrrole nitrogens is 1. The van der Waals surface area contributed by atoms with E-state index in [-0.39, 0.29) is 30.4 Å². The Bertz CT molecular complexity index is 398. The van der Waals surface area contributed by atoms with Crippen molar-refractivity contribution in [2.45, 2.75) is 39.1 Å². The average Bonchev–Trinajstić information content (AvgIpc) is 2.69. The van der Waals surface area contributed by atoms with Crippen LogP contribution in [-0.4, -0.2) is 37.2 Å². The van der Waals surface area contributed by atoms with Gasteiger partial charge in [0, 0.05) is 25.9 Å². The predicted octanol–water partition coefficient (Wildman–Crippen LogP) is 4.07. The molecule has 0 bridgehead atoms. The van der Waals surface area contributed by atoms with E-state index < -0.39 is 0 Å². The van der Waals surface area contributed by atoms with E-state index in [2.05, 4.69) is 69.9 Å². The van der Waals surface area contributed by atoms with Crippen LogP contribution in [0.15, 0.2) is 0 Å². The number of hydrogen-bond acceptors (Lipinski definition) is 4. The summed E-state index contributed by atoms with van der Waals surface area (Å²) in [7, 11) is 2.89. The Morgan fingerprint density at radius 2 is 1.77 bits per heavy atom. The number of nitrogens with two attached hydrogens (primary N) is 1. The topological polar surface area (TPSA) is 73.2 Å². The molecule has 11 heteroatoms. The molecular formula is C11H23BClI3N3O2V. The number of aromatic amines is 1. The van der Waals surface area contributed by atoms with Crippen LogP contribution in [0.2, 0.25) is 0 Å². The molecule has 0 aliphatic carbocycles. The fourth-order valence-corrected chi connectivity index (χ4v) is 1.99. The van der Waals surface area contributed by atoms with E-state index in [4.69, 9.17) is 15.0 Å². The van der Waals surface area contributed by atoms with Crippen molar-refractivity contribution < 1.29 is 14.2 Å². The molecule has 1 rings (SSSR count). The first-order valence-corrected chi connectivity index (χ1v) is 19.9. The Morgan fingerprint density at radius 3 is 2.14 bits per heavy atom. The Morgan fingerprint density at radius 1 is 1.27 bits per heavy atom. The fraction of sp³-hybridized carbons (Fsp3) is 0.727. The first-order chi connectivity index (χ1) is 9.81. The van der Waals surface area contributed by atoms with Crippen molar-refractivity contribution in [1.82, 2.24) is 9.97 Å². The summed E-state index contributed by atoms with van der Waals surface area (Å²) in [4.78, 5) is 7.35. The molecule has 3 N–H and O–H groups in total. The van der Waals surface area contributed by atoms with Gasteiger partial charge in [-0.2, -0.15) is 0 Å². The molecule has 22 heavy (non-hydrogen) atoms. The van der Waals surface area contributed by atoms with Crippen LogP contribution in [0.5, 0.6) is 0 Å². The van der Waals surface area contributed by atoms with Crippen LogP contribution in [0.1, 0.15) is 30.1 Å². The molecule has 1 unspecified atom stereocenters. The molecule has 0 fully saturated rings. The van der Waals surface area contributed by atoms with Gasteiger partial charge < -0.3 is 20.0 Å². The maximum absolute atomic E-state index is 5.97. The van der Waals surface area contributed by atoms with Crippen LogP contribution in [0, 0.1) is 13.8 Å². The Labute approximate surface area is 177 Å². The zero-order valence-corrected chi connectivity index (χ0v) is 21.8. The van der Waals surface area contributed by atoms with Crippen molar-refractivity contribution >= 4 is 79.5 Å². The van der Waals surface area contributed by atoms with Gasteiger partial charge in [0.15, 0.2) is 0 Å². The van der Waals surface area contributed by atoms with E-state index in [1.165, 1.54) is 0 Å². The number of imidazole rings is 1. The van der Waals surface area contributed by atoms with Gasteiger partial charge >= 0.3 is 72.0 Å². The van der Waals surface area contributed by atoms with Gasteiger partial charge in [0.25, 0.3) is 0 Å². The predicted molar refractivity (Wildman–Crippen MR) is 118 cm³/mol. The van der Waals surface area contributed by atoms with E-state index in [0.29, 0.717) is 0 Å². The fourth-order valence-electron chi connectivity index (χ4n) is 1.99. The van der Waals surface area contributed by atoms with E-state index in [0.717, 1.165) is 36.5 Å². The summed E-state index contributed by atoms with van der Waals surface area (Å²) in [5, 5.41) is 0. The number of halogens is 4. The van der Waals surface area contributed by atoms with Crippen molar-refractivity contribution in [3.8, 4) is 0 Å². The molecule has 0 aromatic carbocycles. The number of nitrogens with zero attached hydrogens (tertiary/aromatic N) is 1. The second-order valence-electron chi connectivity index (χ2n) is 4.48. The summed E-state index contributed by atoms with van der Waals surface area (Å²) in [6, 6.07) is 0. The number of rotatable bonds is 7. The van der Waals surface area contributed by atoms with E-state index >= 15 is 0 Å². The summed E-state index contributed by atoms with van der Waals surface area (Å²) in [5.74, 6) is 0.874. The van der Waals surface area contributed by atoms with Gasteiger partial charge in [-0.05, 0) is 33.1 Å². The molecule has 0 saturated heterocycles. The molecule has 0 amide bonds. The second-order valence-corrected chi connectivity index (χ2v) is 39.9. The number of nitrogens with one attached hydrogen (secondary N) is 1. The average molecular weight is 707 g/mol. The van der Waals surface area contributed by atoms with Crippen molar-refractivity contribution in [3.63, 3.8) is 0 Å². The Balaban J connectivity index is 0. The van der Waals surface area contributed by atoms with Gasteiger partial charge in [-0.25, -0.2) is 4.98 Å². The van der Waals surface area contributed by atoms with Gasteiger partial charge in [0.05, 0.1) is 5.69 Å². The summed E-state index contributed by atoms with van der Waals surface area (Å²) in [6.07, 6.45) is 2.78. The SMILES string of the molecule is COB(OC)C(N)CCCc1nc(C)[nH]c1C.Cl.[I][V]([I])[I]. The molecule has 0 radical (unpaired) electrons. The molecule has 1 atom stereocenters. The molecular weight excluding hydrogens is 684 g/mol. The molecule has 1 heterocycles. The van der Waals surface area contributed by atoms with Crippen LogP contribution in [0.3, 0.4) is 0 Å².